The smallest absolute Gasteiger partial charge is 0.388 e. The van der Waals surface area contributed by atoms with E-state index in [2.05, 4.69) is 15.1 Å². The standard InChI is InChI=1S/C22H19F4N3O.ClH/c23-16-10-13(14-6-2-3-7-15(14)22(24,25)26)11-17-19(16)28-20(27-17)18-12-21(30-29-18)8-4-1-5-9-21;/h2-3,6-7,10-11H,1,4-5,8-9,12H2,(H,27,28);1H. The van der Waals surface area contributed by atoms with Gasteiger partial charge in [-0.3, -0.25) is 0 Å². The van der Waals surface area contributed by atoms with Gasteiger partial charge in [0.05, 0.1) is 11.1 Å². The Morgan fingerprint density at radius 1 is 1.03 bits per heavy atom. The van der Waals surface area contributed by atoms with Crippen LogP contribution in [0.25, 0.3) is 22.2 Å². The summed E-state index contributed by atoms with van der Waals surface area (Å²) in [5, 5.41) is 4.19. The van der Waals surface area contributed by atoms with Gasteiger partial charge in [0.15, 0.2) is 5.82 Å². The molecule has 1 saturated carbocycles. The predicted molar refractivity (Wildman–Crippen MR) is 112 cm³/mol. The van der Waals surface area contributed by atoms with Crippen LogP contribution in [-0.4, -0.2) is 21.3 Å². The lowest BCUT2D eigenvalue weighted by Gasteiger charge is -2.30. The van der Waals surface area contributed by atoms with Crippen LogP contribution < -0.4 is 0 Å². The third-order valence-corrected chi connectivity index (χ3v) is 5.97. The number of hydrogen-bond donors (Lipinski definition) is 1. The molecule has 3 aromatic rings. The number of halogens is 5. The van der Waals surface area contributed by atoms with Gasteiger partial charge in [-0.2, -0.15) is 13.2 Å². The summed E-state index contributed by atoms with van der Waals surface area (Å²) in [6, 6.07) is 7.70. The van der Waals surface area contributed by atoms with E-state index in [-0.39, 0.29) is 40.2 Å². The van der Waals surface area contributed by atoms with E-state index in [9.17, 15) is 17.6 Å². The van der Waals surface area contributed by atoms with Crippen molar-refractivity contribution >= 4 is 29.2 Å². The highest BCUT2D eigenvalue weighted by Gasteiger charge is 2.41. The van der Waals surface area contributed by atoms with Crippen LogP contribution >= 0.6 is 12.4 Å². The van der Waals surface area contributed by atoms with Gasteiger partial charge in [-0.25, -0.2) is 9.37 Å². The Balaban J connectivity index is 0.00000231. The van der Waals surface area contributed by atoms with E-state index in [1.165, 1.54) is 30.7 Å². The number of nitrogens with one attached hydrogen (secondary N) is 1. The van der Waals surface area contributed by atoms with Gasteiger partial charge in [0.2, 0.25) is 0 Å². The second kappa shape index (κ2) is 7.82. The minimum absolute atomic E-state index is 0. The molecule has 5 rings (SSSR count). The third kappa shape index (κ3) is 3.89. The number of fused-ring (bicyclic) bond motifs is 1. The average Bonchev–Trinajstić information content (AvgIpc) is 3.33. The van der Waals surface area contributed by atoms with Crippen LogP contribution in [0, 0.1) is 5.82 Å². The molecule has 0 amide bonds. The molecule has 0 bridgehead atoms. The molecule has 9 heteroatoms. The van der Waals surface area contributed by atoms with E-state index >= 15 is 0 Å². The highest BCUT2D eigenvalue weighted by Crippen LogP contribution is 2.40. The quantitative estimate of drug-likeness (QED) is 0.442. The van der Waals surface area contributed by atoms with E-state index in [4.69, 9.17) is 4.84 Å². The molecule has 0 unspecified atom stereocenters. The molecule has 31 heavy (non-hydrogen) atoms. The summed E-state index contributed by atoms with van der Waals surface area (Å²) in [7, 11) is 0. The van der Waals surface area contributed by atoms with E-state index in [1.54, 1.807) is 0 Å². The van der Waals surface area contributed by atoms with E-state index in [0.717, 1.165) is 37.8 Å². The molecule has 4 nitrogen and oxygen atoms in total. The van der Waals surface area contributed by atoms with E-state index in [0.29, 0.717) is 18.0 Å². The Morgan fingerprint density at radius 2 is 1.77 bits per heavy atom. The van der Waals surface area contributed by atoms with Gasteiger partial charge >= 0.3 is 6.18 Å². The summed E-state index contributed by atoms with van der Waals surface area (Å²) in [6.45, 7) is 0. The molecule has 1 spiro atoms. The molecular formula is C22H20ClF4N3O. The molecule has 0 radical (unpaired) electrons. The maximum Gasteiger partial charge on any atom is 0.417 e. The first-order valence-electron chi connectivity index (χ1n) is 9.96. The lowest BCUT2D eigenvalue weighted by Crippen LogP contribution is -2.31. The van der Waals surface area contributed by atoms with Gasteiger partial charge in [0, 0.05) is 6.42 Å². The molecule has 1 aliphatic heterocycles. The molecule has 0 saturated heterocycles. The minimum Gasteiger partial charge on any atom is -0.388 e. The second-order valence-corrected chi connectivity index (χ2v) is 8.03. The van der Waals surface area contributed by atoms with Gasteiger partial charge in [-0.1, -0.05) is 29.8 Å². The first-order valence-corrected chi connectivity index (χ1v) is 9.96. The van der Waals surface area contributed by atoms with Gasteiger partial charge in [-0.05, 0) is 55.0 Å². The number of rotatable bonds is 2. The van der Waals surface area contributed by atoms with Crippen LogP contribution in [0.5, 0.6) is 0 Å². The average molecular weight is 454 g/mol. The number of nitrogens with zero attached hydrogens (tertiary/aromatic N) is 2. The number of imidazole rings is 1. The number of aromatic nitrogens is 2. The maximum atomic E-state index is 14.8. The number of oxime groups is 1. The number of aromatic amines is 1. The van der Waals surface area contributed by atoms with Crippen molar-refractivity contribution in [1.29, 1.82) is 0 Å². The van der Waals surface area contributed by atoms with Crippen molar-refractivity contribution in [2.24, 2.45) is 5.16 Å². The fourth-order valence-electron chi connectivity index (χ4n) is 4.46. The van der Waals surface area contributed by atoms with E-state index in [1.807, 2.05) is 0 Å². The van der Waals surface area contributed by atoms with Crippen LogP contribution in [0.4, 0.5) is 17.6 Å². The molecule has 1 aromatic heterocycles. The van der Waals surface area contributed by atoms with Crippen molar-refractivity contribution in [3.05, 3.63) is 53.6 Å². The number of H-pyrrole nitrogens is 1. The summed E-state index contributed by atoms with van der Waals surface area (Å²) in [5.41, 5.74) is -0.0636. The molecule has 2 aliphatic rings. The zero-order valence-corrected chi connectivity index (χ0v) is 17.2. The predicted octanol–water partition coefficient (Wildman–Crippen LogP) is 6.64. The summed E-state index contributed by atoms with van der Waals surface area (Å²) in [4.78, 5) is 13.1. The van der Waals surface area contributed by atoms with Crippen molar-refractivity contribution < 1.29 is 22.4 Å². The molecule has 164 valence electrons. The summed E-state index contributed by atoms with van der Waals surface area (Å²) in [6.07, 6.45) is 1.25. The zero-order chi connectivity index (χ0) is 20.9. The highest BCUT2D eigenvalue weighted by atomic mass is 35.5. The monoisotopic (exact) mass is 453 g/mol. The third-order valence-electron chi connectivity index (χ3n) is 5.97. The lowest BCUT2D eigenvalue weighted by molar-refractivity contribution is -0.137. The van der Waals surface area contributed by atoms with Crippen LogP contribution in [0.1, 0.15) is 49.9 Å². The largest absolute Gasteiger partial charge is 0.417 e. The Kier molecular flexibility index (Phi) is 5.45. The van der Waals surface area contributed by atoms with Gasteiger partial charge < -0.3 is 9.82 Å². The molecular weight excluding hydrogens is 434 g/mol. The Hall–Kier alpha value is -2.61. The second-order valence-electron chi connectivity index (χ2n) is 8.03. The minimum atomic E-state index is -4.54. The summed E-state index contributed by atoms with van der Waals surface area (Å²) >= 11 is 0. The van der Waals surface area contributed by atoms with Gasteiger partial charge in [-0.15, -0.1) is 12.4 Å². The number of hydrogen-bond acceptors (Lipinski definition) is 3. The zero-order valence-electron chi connectivity index (χ0n) is 16.4. The first-order chi connectivity index (χ1) is 14.3. The fraction of sp³-hybridized carbons (Fsp3) is 0.364. The van der Waals surface area contributed by atoms with Crippen molar-refractivity contribution in [3.8, 4) is 11.1 Å². The van der Waals surface area contributed by atoms with Gasteiger partial charge in [0.25, 0.3) is 0 Å². The first kappa shape index (κ1) is 21.6. The molecule has 2 aromatic carbocycles. The normalized spacial score (nSPS) is 18.0. The van der Waals surface area contributed by atoms with Crippen molar-refractivity contribution in [2.45, 2.75) is 50.3 Å². The SMILES string of the molecule is Cl.Fc1cc(-c2ccccc2C(F)(F)F)cc2nc(C3=NOC4(CCCCC4)C3)[nH]c12. The molecule has 1 aliphatic carbocycles. The van der Waals surface area contributed by atoms with Crippen LogP contribution in [0.2, 0.25) is 0 Å². The van der Waals surface area contributed by atoms with Gasteiger partial charge in [0.1, 0.15) is 22.6 Å². The number of benzene rings is 2. The Labute approximate surface area is 182 Å². The van der Waals surface area contributed by atoms with Crippen molar-refractivity contribution in [1.82, 2.24) is 9.97 Å². The highest BCUT2D eigenvalue weighted by molar-refractivity contribution is 6.01. The Bertz CT molecular complexity index is 1150. The molecule has 0 atom stereocenters. The van der Waals surface area contributed by atoms with E-state index < -0.39 is 17.6 Å². The molecule has 1 N–H and O–H groups in total. The lowest BCUT2D eigenvalue weighted by atomic mass is 9.81. The van der Waals surface area contributed by atoms with Crippen molar-refractivity contribution in [3.63, 3.8) is 0 Å². The molecule has 1 fully saturated rings. The fourth-order valence-corrected chi connectivity index (χ4v) is 4.46. The Morgan fingerprint density at radius 3 is 2.52 bits per heavy atom. The topological polar surface area (TPSA) is 50.3 Å². The number of alkyl halides is 3. The van der Waals surface area contributed by atoms with Crippen LogP contribution in [0.15, 0.2) is 41.6 Å². The maximum absolute atomic E-state index is 14.8. The van der Waals surface area contributed by atoms with Crippen molar-refractivity contribution in [2.75, 3.05) is 0 Å². The van der Waals surface area contributed by atoms with Crippen LogP contribution in [-0.2, 0) is 11.0 Å². The summed E-state index contributed by atoms with van der Waals surface area (Å²) in [5.74, 6) is -0.266. The van der Waals surface area contributed by atoms with Crippen LogP contribution in [0.3, 0.4) is 0 Å². The molecule has 2 heterocycles. The summed E-state index contributed by atoms with van der Waals surface area (Å²) < 4.78 is 54.9.